The van der Waals surface area contributed by atoms with E-state index in [1.807, 2.05) is 17.0 Å². The Kier molecular flexibility index (Phi) is 9.11. The van der Waals surface area contributed by atoms with Crippen molar-refractivity contribution in [1.82, 2.24) is 25.3 Å². The number of amides is 1. The molecule has 2 aliphatic heterocycles. The van der Waals surface area contributed by atoms with E-state index in [-0.39, 0.29) is 36.0 Å². The van der Waals surface area contributed by atoms with E-state index in [4.69, 9.17) is 20.9 Å². The molecule has 2 saturated heterocycles. The predicted molar refractivity (Wildman–Crippen MR) is 132 cm³/mol. The Bertz CT molecular complexity index is 909. The monoisotopic (exact) mass is 574 g/mol. The molecule has 2 fully saturated rings. The second-order valence-electron chi connectivity index (χ2n) is 7.56. The summed E-state index contributed by atoms with van der Waals surface area (Å²) in [5, 5.41) is 8.05. The van der Waals surface area contributed by atoms with Gasteiger partial charge in [-0.3, -0.25) is 9.79 Å². The van der Waals surface area contributed by atoms with E-state index in [0.29, 0.717) is 49.4 Å². The first-order valence-corrected chi connectivity index (χ1v) is 11.0. The third kappa shape index (κ3) is 6.10. The van der Waals surface area contributed by atoms with Crippen molar-refractivity contribution in [3.05, 3.63) is 35.2 Å². The lowest BCUT2D eigenvalue weighted by atomic mass is 10.2. The minimum absolute atomic E-state index is 0. The second kappa shape index (κ2) is 11.8. The van der Waals surface area contributed by atoms with Gasteiger partial charge in [0.05, 0.1) is 0 Å². The zero-order valence-electron chi connectivity index (χ0n) is 18.0. The smallest absolute Gasteiger partial charge is 0.251 e. The molecule has 11 heteroatoms. The number of guanidine groups is 1. The van der Waals surface area contributed by atoms with Crippen LogP contribution in [0.5, 0.6) is 0 Å². The number of ether oxygens (including phenoxy) is 1. The minimum Gasteiger partial charge on any atom is -0.368 e. The van der Waals surface area contributed by atoms with Crippen LogP contribution in [0, 0.1) is 0 Å². The van der Waals surface area contributed by atoms with Gasteiger partial charge in [-0.1, -0.05) is 16.8 Å². The quantitative estimate of drug-likeness (QED) is 0.333. The molecule has 1 aromatic heterocycles. The third-order valence-electron chi connectivity index (χ3n) is 5.50. The van der Waals surface area contributed by atoms with Crippen LogP contribution in [0.1, 0.15) is 18.7 Å². The van der Waals surface area contributed by atoms with Crippen molar-refractivity contribution in [3.8, 4) is 11.4 Å². The highest BCUT2D eigenvalue weighted by Gasteiger charge is 2.30. The van der Waals surface area contributed by atoms with E-state index in [1.54, 1.807) is 19.2 Å². The molecule has 2 aromatic rings. The summed E-state index contributed by atoms with van der Waals surface area (Å²) in [6, 6.07) is 7.32. The van der Waals surface area contributed by atoms with Gasteiger partial charge in [0.1, 0.15) is 6.10 Å². The van der Waals surface area contributed by atoms with E-state index in [2.05, 4.69) is 25.3 Å². The van der Waals surface area contributed by atoms with Crippen molar-refractivity contribution in [3.63, 3.8) is 0 Å². The zero-order valence-corrected chi connectivity index (χ0v) is 21.1. The summed E-state index contributed by atoms with van der Waals surface area (Å²) < 4.78 is 10.9. The summed E-state index contributed by atoms with van der Waals surface area (Å²) in [5.41, 5.74) is 0.860. The maximum Gasteiger partial charge on any atom is 0.251 e. The van der Waals surface area contributed by atoms with E-state index >= 15 is 0 Å². The fourth-order valence-corrected chi connectivity index (χ4v) is 3.93. The standard InChI is InChI=1S/C21H27ClN6O3.HI/c1-23-21(28-12-10-27(11-13-28)20(29)17-3-2-14-30-17)24-9-8-18-25-19(26-31-18)15-4-6-16(22)7-5-15;/h4-7,17H,2-3,8-14H2,1H3,(H,23,24);1H. The van der Waals surface area contributed by atoms with Crippen LogP contribution >= 0.6 is 35.6 Å². The number of hydrogen-bond acceptors (Lipinski definition) is 6. The van der Waals surface area contributed by atoms with E-state index in [9.17, 15) is 4.79 Å². The number of carbonyl (C=O) groups excluding carboxylic acids is 1. The normalized spacial score (nSPS) is 19.1. The first-order chi connectivity index (χ1) is 15.1. The van der Waals surface area contributed by atoms with Gasteiger partial charge in [0.15, 0.2) is 5.96 Å². The number of hydrogen-bond donors (Lipinski definition) is 1. The largest absolute Gasteiger partial charge is 0.368 e. The van der Waals surface area contributed by atoms with Crippen molar-refractivity contribution >= 4 is 47.4 Å². The number of aromatic nitrogens is 2. The second-order valence-corrected chi connectivity index (χ2v) is 7.99. The lowest BCUT2D eigenvalue weighted by molar-refractivity contribution is -0.142. The summed E-state index contributed by atoms with van der Waals surface area (Å²) in [4.78, 5) is 25.4. The minimum atomic E-state index is -0.254. The van der Waals surface area contributed by atoms with Crippen LogP contribution in [0.25, 0.3) is 11.4 Å². The van der Waals surface area contributed by atoms with Crippen LogP contribution in [0.3, 0.4) is 0 Å². The molecule has 3 heterocycles. The first-order valence-electron chi connectivity index (χ1n) is 10.6. The predicted octanol–water partition coefficient (Wildman–Crippen LogP) is 2.45. The molecule has 0 bridgehead atoms. The zero-order chi connectivity index (χ0) is 21.6. The van der Waals surface area contributed by atoms with Gasteiger partial charge < -0.3 is 24.4 Å². The molecule has 0 radical (unpaired) electrons. The average Bonchev–Trinajstić information content (AvgIpc) is 3.50. The van der Waals surface area contributed by atoms with Crippen LogP contribution < -0.4 is 5.32 Å². The van der Waals surface area contributed by atoms with Gasteiger partial charge in [0.2, 0.25) is 11.7 Å². The average molecular weight is 575 g/mol. The molecule has 0 spiro atoms. The summed E-state index contributed by atoms with van der Waals surface area (Å²) in [6.45, 7) is 4.12. The SMILES string of the molecule is CN=C(NCCc1nc(-c2ccc(Cl)cc2)no1)N1CCN(C(=O)C2CCCO2)CC1.I. The van der Waals surface area contributed by atoms with Gasteiger partial charge in [-0.25, -0.2) is 0 Å². The molecule has 9 nitrogen and oxygen atoms in total. The molecule has 1 amide bonds. The van der Waals surface area contributed by atoms with Gasteiger partial charge in [-0.05, 0) is 37.1 Å². The summed E-state index contributed by atoms with van der Waals surface area (Å²) >= 11 is 5.92. The molecule has 0 saturated carbocycles. The maximum atomic E-state index is 12.5. The fourth-order valence-electron chi connectivity index (χ4n) is 3.80. The number of nitrogens with zero attached hydrogens (tertiary/aromatic N) is 5. The van der Waals surface area contributed by atoms with Gasteiger partial charge >= 0.3 is 0 Å². The van der Waals surface area contributed by atoms with Crippen LogP contribution in [-0.2, 0) is 16.0 Å². The Morgan fingerprint density at radius 2 is 1.94 bits per heavy atom. The van der Waals surface area contributed by atoms with Gasteiger partial charge in [-0.2, -0.15) is 4.98 Å². The molecule has 0 aliphatic carbocycles. The Morgan fingerprint density at radius 3 is 2.59 bits per heavy atom. The van der Waals surface area contributed by atoms with Crippen molar-refractivity contribution in [2.24, 2.45) is 4.99 Å². The van der Waals surface area contributed by atoms with Crippen LogP contribution in [-0.4, -0.2) is 84.3 Å². The third-order valence-corrected chi connectivity index (χ3v) is 5.75. The van der Waals surface area contributed by atoms with Crippen LogP contribution in [0.2, 0.25) is 5.02 Å². The number of benzene rings is 1. The maximum absolute atomic E-state index is 12.5. The number of aliphatic imine (C=N–C) groups is 1. The Labute approximate surface area is 209 Å². The molecule has 1 aromatic carbocycles. The molecule has 1 N–H and O–H groups in total. The fraction of sp³-hybridized carbons (Fsp3) is 0.524. The van der Waals surface area contributed by atoms with E-state index in [0.717, 1.165) is 37.5 Å². The van der Waals surface area contributed by atoms with Crippen molar-refractivity contribution in [2.45, 2.75) is 25.4 Å². The molecule has 32 heavy (non-hydrogen) atoms. The topological polar surface area (TPSA) is 96.1 Å². The highest BCUT2D eigenvalue weighted by atomic mass is 127. The Hall–Kier alpha value is -1.92. The van der Waals surface area contributed by atoms with Crippen molar-refractivity contribution in [2.75, 3.05) is 46.4 Å². The first kappa shape index (κ1) is 24.7. The highest BCUT2D eigenvalue weighted by molar-refractivity contribution is 14.0. The Balaban J connectivity index is 0.00000289. The van der Waals surface area contributed by atoms with Gasteiger partial charge in [0.25, 0.3) is 5.91 Å². The summed E-state index contributed by atoms with van der Waals surface area (Å²) in [6.07, 6.45) is 2.12. The lowest BCUT2D eigenvalue weighted by Gasteiger charge is -2.37. The number of carbonyl (C=O) groups is 1. The molecule has 1 atom stereocenters. The van der Waals surface area contributed by atoms with E-state index < -0.39 is 0 Å². The van der Waals surface area contributed by atoms with Gasteiger partial charge in [-0.15, -0.1) is 24.0 Å². The summed E-state index contributed by atoms with van der Waals surface area (Å²) in [5.74, 6) is 2.03. The highest BCUT2D eigenvalue weighted by Crippen LogP contribution is 2.19. The summed E-state index contributed by atoms with van der Waals surface area (Å²) in [7, 11) is 1.76. The number of rotatable bonds is 5. The molecular weight excluding hydrogens is 547 g/mol. The molecule has 4 rings (SSSR count). The molecule has 1 unspecified atom stereocenters. The Morgan fingerprint density at radius 1 is 1.22 bits per heavy atom. The number of piperazine rings is 1. The van der Waals surface area contributed by atoms with Crippen molar-refractivity contribution in [1.29, 1.82) is 0 Å². The van der Waals surface area contributed by atoms with Gasteiger partial charge in [0, 0.05) is 63.4 Å². The van der Waals surface area contributed by atoms with Crippen LogP contribution in [0.15, 0.2) is 33.8 Å². The van der Waals surface area contributed by atoms with Crippen LogP contribution in [0.4, 0.5) is 0 Å². The molecular formula is C21H28ClIN6O3. The molecule has 2 aliphatic rings. The number of nitrogens with one attached hydrogen (secondary N) is 1. The molecule has 174 valence electrons. The lowest BCUT2D eigenvalue weighted by Crippen LogP contribution is -2.55. The van der Waals surface area contributed by atoms with E-state index in [1.165, 1.54) is 0 Å². The van der Waals surface area contributed by atoms with Crippen molar-refractivity contribution < 1.29 is 14.1 Å². The number of halogens is 2.